The summed E-state index contributed by atoms with van der Waals surface area (Å²) in [6.07, 6.45) is 5.64. The largest absolute Gasteiger partial charge is 0.0651 e. The van der Waals surface area contributed by atoms with E-state index in [1.807, 2.05) is 0 Å². The molecular formula is C12H24. The highest BCUT2D eigenvalue weighted by Gasteiger charge is 2.47. The second-order valence-electron chi connectivity index (χ2n) is 5.46. The summed E-state index contributed by atoms with van der Waals surface area (Å²) >= 11 is 0. The Morgan fingerprint density at radius 2 is 1.75 bits per heavy atom. The molecule has 0 nitrogen and oxygen atoms in total. The van der Waals surface area contributed by atoms with Crippen LogP contribution in [0.5, 0.6) is 0 Å². The zero-order valence-electron chi connectivity index (χ0n) is 9.41. The minimum atomic E-state index is 0.572. The molecule has 72 valence electrons. The molecule has 1 aliphatic carbocycles. The molecule has 2 atom stereocenters. The molecule has 0 heteroatoms. The molecule has 0 aliphatic heterocycles. The van der Waals surface area contributed by atoms with Crippen molar-refractivity contribution < 1.29 is 0 Å². The highest BCUT2D eigenvalue weighted by Crippen LogP contribution is 2.57. The van der Waals surface area contributed by atoms with Crippen molar-refractivity contribution in [1.29, 1.82) is 0 Å². The fraction of sp³-hybridized carbons (Fsp3) is 1.00. The van der Waals surface area contributed by atoms with Crippen LogP contribution in [0.25, 0.3) is 0 Å². The smallest absolute Gasteiger partial charge is 0.0249 e. The second-order valence-corrected chi connectivity index (χ2v) is 5.46. The van der Waals surface area contributed by atoms with Crippen LogP contribution in [0, 0.1) is 16.7 Å². The zero-order valence-corrected chi connectivity index (χ0v) is 9.41. The number of hydrogen-bond acceptors (Lipinski definition) is 0. The number of hydrogen-bond donors (Lipinski definition) is 0. The first-order chi connectivity index (χ1) is 5.44. The SMILES string of the molecule is CCC(C)C1(C)CCCC1(C)C. The van der Waals surface area contributed by atoms with Gasteiger partial charge in [-0.2, -0.15) is 0 Å². The van der Waals surface area contributed by atoms with Crippen LogP contribution in [0.2, 0.25) is 0 Å². The molecule has 0 spiro atoms. The van der Waals surface area contributed by atoms with Crippen LogP contribution in [-0.4, -0.2) is 0 Å². The topological polar surface area (TPSA) is 0 Å². The molecule has 2 unspecified atom stereocenters. The maximum absolute atomic E-state index is 2.49. The van der Waals surface area contributed by atoms with Crippen molar-refractivity contribution >= 4 is 0 Å². The van der Waals surface area contributed by atoms with Gasteiger partial charge >= 0.3 is 0 Å². The fourth-order valence-electron chi connectivity index (χ4n) is 2.89. The van der Waals surface area contributed by atoms with Crippen molar-refractivity contribution in [2.75, 3.05) is 0 Å². The van der Waals surface area contributed by atoms with E-state index >= 15 is 0 Å². The minimum Gasteiger partial charge on any atom is -0.0651 e. The molecule has 12 heavy (non-hydrogen) atoms. The Bertz CT molecular complexity index is 157. The van der Waals surface area contributed by atoms with Crippen LogP contribution in [0.15, 0.2) is 0 Å². The van der Waals surface area contributed by atoms with Gasteiger partial charge in [-0.3, -0.25) is 0 Å². The van der Waals surface area contributed by atoms with Gasteiger partial charge in [-0.25, -0.2) is 0 Å². The van der Waals surface area contributed by atoms with Gasteiger partial charge in [0.1, 0.15) is 0 Å². The van der Waals surface area contributed by atoms with Gasteiger partial charge in [0.25, 0.3) is 0 Å². The Labute approximate surface area is 77.7 Å². The third kappa shape index (κ3) is 1.30. The summed E-state index contributed by atoms with van der Waals surface area (Å²) in [6, 6.07) is 0. The lowest BCUT2D eigenvalue weighted by molar-refractivity contribution is 0.0613. The van der Waals surface area contributed by atoms with Crippen molar-refractivity contribution in [1.82, 2.24) is 0 Å². The molecule has 1 rings (SSSR count). The Hall–Kier alpha value is 0. The third-order valence-electron chi connectivity index (χ3n) is 4.74. The normalized spacial score (nSPS) is 36.8. The number of rotatable bonds is 2. The Balaban J connectivity index is 2.82. The average Bonchev–Trinajstić information content (AvgIpc) is 2.26. The first-order valence-electron chi connectivity index (χ1n) is 5.44. The van der Waals surface area contributed by atoms with Crippen LogP contribution in [0.1, 0.15) is 60.3 Å². The highest BCUT2D eigenvalue weighted by molar-refractivity contribution is 4.97. The predicted octanol–water partition coefficient (Wildman–Crippen LogP) is 4.25. The minimum absolute atomic E-state index is 0.572. The van der Waals surface area contributed by atoms with E-state index < -0.39 is 0 Å². The van der Waals surface area contributed by atoms with Crippen LogP contribution < -0.4 is 0 Å². The van der Waals surface area contributed by atoms with E-state index in [9.17, 15) is 0 Å². The molecular weight excluding hydrogens is 144 g/mol. The first kappa shape index (κ1) is 10.1. The van der Waals surface area contributed by atoms with Crippen molar-refractivity contribution in [3.05, 3.63) is 0 Å². The molecule has 0 saturated heterocycles. The predicted molar refractivity (Wildman–Crippen MR) is 55.2 cm³/mol. The highest BCUT2D eigenvalue weighted by atomic mass is 14.5. The van der Waals surface area contributed by atoms with Crippen molar-refractivity contribution in [2.24, 2.45) is 16.7 Å². The van der Waals surface area contributed by atoms with E-state index in [1.165, 1.54) is 25.7 Å². The summed E-state index contributed by atoms with van der Waals surface area (Å²) in [7, 11) is 0. The van der Waals surface area contributed by atoms with Gasteiger partial charge in [0.15, 0.2) is 0 Å². The lowest BCUT2D eigenvalue weighted by Crippen LogP contribution is -2.35. The molecule has 0 radical (unpaired) electrons. The van der Waals surface area contributed by atoms with Gasteiger partial charge in [0, 0.05) is 0 Å². The molecule has 1 saturated carbocycles. The second kappa shape index (κ2) is 3.05. The first-order valence-corrected chi connectivity index (χ1v) is 5.44. The van der Waals surface area contributed by atoms with E-state index in [-0.39, 0.29) is 0 Å². The van der Waals surface area contributed by atoms with Gasteiger partial charge in [-0.15, -0.1) is 0 Å². The Morgan fingerprint density at radius 3 is 2.08 bits per heavy atom. The monoisotopic (exact) mass is 168 g/mol. The maximum atomic E-state index is 2.49. The molecule has 0 aromatic carbocycles. The van der Waals surface area contributed by atoms with Gasteiger partial charge < -0.3 is 0 Å². The van der Waals surface area contributed by atoms with Crippen LogP contribution in [0.4, 0.5) is 0 Å². The molecule has 0 aromatic heterocycles. The van der Waals surface area contributed by atoms with E-state index in [0.29, 0.717) is 10.8 Å². The maximum Gasteiger partial charge on any atom is -0.0249 e. The fourth-order valence-corrected chi connectivity index (χ4v) is 2.89. The average molecular weight is 168 g/mol. The van der Waals surface area contributed by atoms with Gasteiger partial charge in [-0.05, 0) is 29.6 Å². The van der Waals surface area contributed by atoms with Crippen molar-refractivity contribution in [2.45, 2.75) is 60.3 Å². The molecule has 0 N–H and O–H groups in total. The molecule has 0 amide bonds. The van der Waals surface area contributed by atoms with Crippen LogP contribution >= 0.6 is 0 Å². The summed E-state index contributed by atoms with van der Waals surface area (Å²) in [4.78, 5) is 0. The molecule has 1 fully saturated rings. The van der Waals surface area contributed by atoms with E-state index in [2.05, 4.69) is 34.6 Å². The zero-order chi connectivity index (χ0) is 9.41. The molecule has 0 heterocycles. The summed E-state index contributed by atoms with van der Waals surface area (Å²) in [6.45, 7) is 12.1. The Morgan fingerprint density at radius 1 is 1.17 bits per heavy atom. The summed E-state index contributed by atoms with van der Waals surface area (Å²) in [5.74, 6) is 0.884. The van der Waals surface area contributed by atoms with Crippen molar-refractivity contribution in [3.63, 3.8) is 0 Å². The molecule has 0 aromatic rings. The Kier molecular flexibility index (Phi) is 2.56. The van der Waals surface area contributed by atoms with E-state index in [1.54, 1.807) is 0 Å². The van der Waals surface area contributed by atoms with Crippen LogP contribution in [-0.2, 0) is 0 Å². The van der Waals surface area contributed by atoms with Crippen LogP contribution in [0.3, 0.4) is 0 Å². The van der Waals surface area contributed by atoms with Gasteiger partial charge in [-0.1, -0.05) is 47.5 Å². The van der Waals surface area contributed by atoms with Crippen molar-refractivity contribution in [3.8, 4) is 0 Å². The van der Waals surface area contributed by atoms with Gasteiger partial charge in [0.2, 0.25) is 0 Å². The third-order valence-corrected chi connectivity index (χ3v) is 4.74. The standard InChI is InChI=1S/C12H24/c1-6-10(2)12(5)9-7-8-11(12,3)4/h10H,6-9H2,1-5H3. The van der Waals surface area contributed by atoms with E-state index in [4.69, 9.17) is 0 Å². The lowest BCUT2D eigenvalue weighted by atomic mass is 9.62. The summed E-state index contributed by atoms with van der Waals surface area (Å²) < 4.78 is 0. The quantitative estimate of drug-likeness (QED) is 0.578. The summed E-state index contributed by atoms with van der Waals surface area (Å²) in [5.41, 5.74) is 1.17. The van der Waals surface area contributed by atoms with Gasteiger partial charge in [0.05, 0.1) is 0 Å². The molecule has 1 aliphatic rings. The lowest BCUT2D eigenvalue weighted by Gasteiger charge is -2.43. The molecule has 0 bridgehead atoms. The van der Waals surface area contributed by atoms with E-state index in [0.717, 1.165) is 5.92 Å². The summed E-state index contributed by atoms with van der Waals surface area (Å²) in [5, 5.41) is 0.